The van der Waals surface area contributed by atoms with E-state index in [2.05, 4.69) is 0 Å². The van der Waals surface area contributed by atoms with Crippen molar-refractivity contribution in [2.45, 2.75) is 9.79 Å². The molecule has 100 valence electrons. The molecule has 0 amide bonds. The van der Waals surface area contributed by atoms with E-state index in [1.165, 1.54) is 28.6 Å². The van der Waals surface area contributed by atoms with Gasteiger partial charge >= 0.3 is 29.6 Å². The van der Waals surface area contributed by atoms with E-state index in [-0.39, 0.29) is 39.3 Å². The Morgan fingerprint density at radius 3 is 2.16 bits per heavy atom. The average molecular weight is 313 g/mol. The third-order valence-corrected chi connectivity index (χ3v) is 5.19. The first-order valence-corrected chi connectivity index (χ1v) is 7.80. The maximum atomic E-state index is 12.2. The summed E-state index contributed by atoms with van der Waals surface area (Å²) in [4.78, 5) is 0.162. The topological polar surface area (TPSA) is 86.7 Å². The average Bonchev–Trinajstić information content (AvgIpc) is 2.40. The van der Waals surface area contributed by atoms with Gasteiger partial charge in [0.25, 0.3) is 0 Å². The molecule has 1 fully saturated rings. The Bertz CT molecular complexity index is 540. The van der Waals surface area contributed by atoms with Gasteiger partial charge in [-0.15, -0.1) is 0 Å². The van der Waals surface area contributed by atoms with Gasteiger partial charge in [-0.05, 0) is 35.3 Å². The molecule has 1 atom stereocenters. The molecule has 0 N–H and O–H groups in total. The molecule has 19 heavy (non-hydrogen) atoms. The van der Waals surface area contributed by atoms with Gasteiger partial charge in [0.15, 0.2) is 0 Å². The molecule has 1 heterocycles. The number of sulfonamides is 1. The number of rotatable bonds is 3. The molecule has 0 bridgehead atoms. The van der Waals surface area contributed by atoms with Crippen molar-refractivity contribution in [3.63, 3.8) is 0 Å². The normalized spacial score (nSPS) is 18.6. The molecular weight excluding hydrogens is 301 g/mol. The SMILES string of the molecule is O=S([O-])c1ccc(S(=O)(=O)N2CCOCC2)cc1.[Na+]. The Morgan fingerprint density at radius 2 is 1.68 bits per heavy atom. The van der Waals surface area contributed by atoms with Crippen LogP contribution in [0.5, 0.6) is 0 Å². The molecule has 0 spiro atoms. The standard InChI is InChI=1S/C10H13NO5S2.Na/c12-17(13)9-1-3-10(4-2-9)18(14,15)11-5-7-16-8-6-11;/h1-4H,5-8H2,(H,12,13);/q;+1/p-1. The molecule has 1 aromatic carbocycles. The van der Waals surface area contributed by atoms with Gasteiger partial charge in [-0.25, -0.2) is 8.42 Å². The Morgan fingerprint density at radius 1 is 1.16 bits per heavy atom. The smallest absolute Gasteiger partial charge is 0.768 e. The quantitative estimate of drug-likeness (QED) is 0.437. The van der Waals surface area contributed by atoms with Crippen molar-refractivity contribution in [3.8, 4) is 0 Å². The van der Waals surface area contributed by atoms with Crippen LogP contribution >= 0.6 is 0 Å². The molecule has 1 saturated heterocycles. The van der Waals surface area contributed by atoms with Crippen LogP contribution in [0.3, 0.4) is 0 Å². The van der Waals surface area contributed by atoms with Crippen LogP contribution in [0.4, 0.5) is 0 Å². The fourth-order valence-corrected chi connectivity index (χ4v) is 3.43. The second-order valence-corrected chi connectivity index (χ2v) is 6.60. The second kappa shape index (κ2) is 7.28. The molecule has 1 aliphatic rings. The van der Waals surface area contributed by atoms with E-state index in [1.54, 1.807) is 0 Å². The Kier molecular flexibility index (Phi) is 6.61. The zero-order valence-corrected chi connectivity index (χ0v) is 14.1. The largest absolute Gasteiger partial charge is 1.00 e. The number of ether oxygens (including phenoxy) is 1. The summed E-state index contributed by atoms with van der Waals surface area (Å²) in [5.41, 5.74) is 0. The number of benzene rings is 1. The van der Waals surface area contributed by atoms with Crippen LogP contribution in [-0.2, 0) is 25.8 Å². The number of nitrogens with zero attached hydrogens (tertiary/aromatic N) is 1. The van der Waals surface area contributed by atoms with E-state index in [9.17, 15) is 17.2 Å². The minimum absolute atomic E-state index is 0. The molecule has 2 rings (SSSR count). The third kappa shape index (κ3) is 4.08. The van der Waals surface area contributed by atoms with E-state index in [4.69, 9.17) is 4.74 Å². The predicted octanol–water partition coefficient (Wildman–Crippen LogP) is -3.05. The van der Waals surface area contributed by atoms with Crippen LogP contribution < -0.4 is 29.6 Å². The fourth-order valence-electron chi connectivity index (χ4n) is 1.66. The van der Waals surface area contributed by atoms with E-state index in [0.717, 1.165) is 0 Å². The molecule has 9 heteroatoms. The molecule has 0 saturated carbocycles. The zero-order valence-electron chi connectivity index (χ0n) is 10.4. The molecule has 1 unspecified atom stereocenters. The summed E-state index contributed by atoms with van der Waals surface area (Å²) in [7, 11) is -3.55. The molecule has 1 aromatic rings. The predicted molar refractivity (Wildman–Crippen MR) is 63.2 cm³/mol. The van der Waals surface area contributed by atoms with E-state index in [0.29, 0.717) is 26.3 Å². The minimum Gasteiger partial charge on any atom is -0.768 e. The minimum atomic E-state index is -3.55. The maximum Gasteiger partial charge on any atom is 1.00 e. The van der Waals surface area contributed by atoms with Gasteiger partial charge < -0.3 is 9.29 Å². The summed E-state index contributed by atoms with van der Waals surface area (Å²) in [5.74, 6) is 0. The van der Waals surface area contributed by atoms with Crippen molar-refractivity contribution in [3.05, 3.63) is 24.3 Å². The summed E-state index contributed by atoms with van der Waals surface area (Å²) in [6.45, 7) is 1.39. The summed E-state index contributed by atoms with van der Waals surface area (Å²) < 4.78 is 52.2. The Balaban J connectivity index is 0.00000180. The van der Waals surface area contributed by atoms with Crippen molar-refractivity contribution in [1.82, 2.24) is 4.31 Å². The third-order valence-electron chi connectivity index (χ3n) is 2.62. The van der Waals surface area contributed by atoms with Gasteiger partial charge in [-0.3, -0.25) is 4.21 Å². The molecule has 1 aliphatic heterocycles. The molecule has 0 radical (unpaired) electrons. The second-order valence-electron chi connectivity index (χ2n) is 3.72. The van der Waals surface area contributed by atoms with Gasteiger partial charge in [-0.1, -0.05) is 0 Å². The molecule has 0 aromatic heterocycles. The first kappa shape index (κ1) is 17.3. The first-order chi connectivity index (χ1) is 8.51. The van der Waals surface area contributed by atoms with Crippen LogP contribution in [0.25, 0.3) is 0 Å². The molecular formula is C10H12NNaO5S2. The van der Waals surface area contributed by atoms with Crippen LogP contribution in [0.15, 0.2) is 34.1 Å². The van der Waals surface area contributed by atoms with E-state index < -0.39 is 21.1 Å². The van der Waals surface area contributed by atoms with Crippen molar-refractivity contribution in [2.75, 3.05) is 26.3 Å². The summed E-state index contributed by atoms with van der Waals surface area (Å²) >= 11 is -2.35. The van der Waals surface area contributed by atoms with E-state index >= 15 is 0 Å². The van der Waals surface area contributed by atoms with E-state index in [1.807, 2.05) is 0 Å². The van der Waals surface area contributed by atoms with Gasteiger partial charge in [0.1, 0.15) is 0 Å². The summed E-state index contributed by atoms with van der Waals surface area (Å²) in [6, 6.07) is 5.15. The zero-order chi connectivity index (χ0) is 13.2. The summed E-state index contributed by atoms with van der Waals surface area (Å²) in [5, 5.41) is 0. The van der Waals surface area contributed by atoms with Crippen molar-refractivity contribution in [1.29, 1.82) is 0 Å². The van der Waals surface area contributed by atoms with Crippen molar-refractivity contribution >= 4 is 21.1 Å². The van der Waals surface area contributed by atoms with Gasteiger partial charge in [0, 0.05) is 18.0 Å². The molecule has 0 aliphatic carbocycles. The monoisotopic (exact) mass is 313 g/mol. The number of hydrogen-bond donors (Lipinski definition) is 0. The van der Waals surface area contributed by atoms with Crippen LogP contribution in [-0.4, -0.2) is 47.8 Å². The van der Waals surface area contributed by atoms with Crippen LogP contribution in [0.2, 0.25) is 0 Å². The van der Waals surface area contributed by atoms with Crippen molar-refractivity contribution in [2.24, 2.45) is 0 Å². The van der Waals surface area contributed by atoms with Crippen LogP contribution in [0.1, 0.15) is 0 Å². The molecule has 6 nitrogen and oxygen atoms in total. The van der Waals surface area contributed by atoms with Gasteiger partial charge in [0.05, 0.1) is 18.1 Å². The number of morpholine rings is 1. The first-order valence-electron chi connectivity index (χ1n) is 5.29. The Labute approximate surface area is 136 Å². The Hall–Kier alpha value is 0.200. The maximum absolute atomic E-state index is 12.2. The van der Waals surface area contributed by atoms with Gasteiger partial charge in [0.2, 0.25) is 10.0 Å². The fraction of sp³-hybridized carbons (Fsp3) is 0.400. The van der Waals surface area contributed by atoms with Crippen molar-refractivity contribution < 1.29 is 51.5 Å². The van der Waals surface area contributed by atoms with Crippen LogP contribution in [0, 0.1) is 0 Å². The number of hydrogen-bond acceptors (Lipinski definition) is 5. The van der Waals surface area contributed by atoms with Gasteiger partial charge in [-0.2, -0.15) is 4.31 Å². The summed E-state index contributed by atoms with van der Waals surface area (Å²) in [6.07, 6.45) is 0.